The Morgan fingerprint density at radius 2 is 2.24 bits per heavy atom. The largest absolute Gasteiger partial charge is 0.320 e. The maximum atomic E-state index is 11.9. The zero-order valence-corrected chi connectivity index (χ0v) is 10.00. The van der Waals surface area contributed by atoms with Gasteiger partial charge in [0.25, 0.3) is 0 Å². The Hall–Kier alpha value is -1.42. The Morgan fingerprint density at radius 3 is 2.88 bits per heavy atom. The monoisotopic (exact) mass is 251 g/mol. The van der Waals surface area contributed by atoms with Crippen molar-refractivity contribution in [1.82, 2.24) is 9.71 Å². The van der Waals surface area contributed by atoms with Crippen LogP contribution in [0.15, 0.2) is 23.4 Å². The smallest absolute Gasteiger partial charge is 0.242 e. The van der Waals surface area contributed by atoms with Crippen LogP contribution in [-0.4, -0.2) is 26.0 Å². The first kappa shape index (κ1) is 12.0. The van der Waals surface area contributed by atoms with Crippen LogP contribution in [-0.2, 0) is 10.0 Å². The lowest BCUT2D eigenvalue weighted by atomic mass is 10.3. The van der Waals surface area contributed by atoms with Crippen LogP contribution < -0.4 is 10.5 Å². The number of pyridine rings is 1. The lowest BCUT2D eigenvalue weighted by Crippen LogP contribution is -2.25. The molecule has 1 aliphatic rings. The number of hydrogen-bond donors (Lipinski definition) is 2. The van der Waals surface area contributed by atoms with Gasteiger partial charge in [0.1, 0.15) is 4.90 Å². The maximum absolute atomic E-state index is 11.9. The van der Waals surface area contributed by atoms with Gasteiger partial charge < -0.3 is 5.73 Å². The summed E-state index contributed by atoms with van der Waals surface area (Å²) in [6, 6.07) is 1.58. The second kappa shape index (κ2) is 4.84. The number of sulfonamides is 1. The first-order valence-electron chi connectivity index (χ1n) is 5.28. The van der Waals surface area contributed by atoms with E-state index in [2.05, 4.69) is 21.5 Å². The molecule has 1 aromatic rings. The van der Waals surface area contributed by atoms with Crippen molar-refractivity contribution in [3.63, 3.8) is 0 Å². The molecule has 1 fully saturated rings. The Bertz CT molecular complexity index is 568. The summed E-state index contributed by atoms with van der Waals surface area (Å²) in [6.07, 6.45) is 4.63. The van der Waals surface area contributed by atoms with Gasteiger partial charge in [0.2, 0.25) is 10.0 Å². The predicted molar refractivity (Wildman–Crippen MR) is 63.5 cm³/mol. The molecule has 3 N–H and O–H groups in total. The van der Waals surface area contributed by atoms with Crippen LogP contribution in [0, 0.1) is 11.8 Å². The van der Waals surface area contributed by atoms with E-state index in [0.29, 0.717) is 5.56 Å². The predicted octanol–water partition coefficient (Wildman–Crippen LogP) is -0.167. The number of nitrogens with two attached hydrogens (primary N) is 1. The molecule has 1 aromatic heterocycles. The molecule has 0 aromatic carbocycles. The fraction of sp³-hybridized carbons (Fsp3) is 0.364. The van der Waals surface area contributed by atoms with Crippen molar-refractivity contribution in [3.05, 3.63) is 24.0 Å². The minimum atomic E-state index is -3.46. The second-order valence-corrected chi connectivity index (χ2v) is 5.52. The quantitative estimate of drug-likeness (QED) is 0.731. The van der Waals surface area contributed by atoms with Gasteiger partial charge >= 0.3 is 0 Å². The lowest BCUT2D eigenvalue weighted by molar-refractivity contribution is 0.580. The third-order valence-corrected chi connectivity index (χ3v) is 3.74. The highest BCUT2D eigenvalue weighted by molar-refractivity contribution is 7.89. The molecule has 2 rings (SSSR count). The summed E-state index contributed by atoms with van der Waals surface area (Å²) in [7, 11) is -3.46. The van der Waals surface area contributed by atoms with Crippen molar-refractivity contribution in [2.24, 2.45) is 5.73 Å². The first-order valence-corrected chi connectivity index (χ1v) is 6.76. The number of hydrogen-bond acceptors (Lipinski definition) is 4. The van der Waals surface area contributed by atoms with Crippen LogP contribution in [0.3, 0.4) is 0 Å². The van der Waals surface area contributed by atoms with E-state index in [0.717, 1.165) is 12.8 Å². The first-order chi connectivity index (χ1) is 8.12. The van der Waals surface area contributed by atoms with E-state index in [9.17, 15) is 8.42 Å². The van der Waals surface area contributed by atoms with Gasteiger partial charge in [0.15, 0.2) is 0 Å². The summed E-state index contributed by atoms with van der Waals surface area (Å²) in [5, 5.41) is 0. The SMILES string of the molecule is NCC#Cc1cncc(S(=O)(=O)NC2CC2)c1. The van der Waals surface area contributed by atoms with E-state index in [1.807, 2.05) is 0 Å². The van der Waals surface area contributed by atoms with Crippen molar-refractivity contribution in [1.29, 1.82) is 0 Å². The van der Waals surface area contributed by atoms with Crippen LogP contribution in [0.1, 0.15) is 18.4 Å². The number of aromatic nitrogens is 1. The van der Waals surface area contributed by atoms with Gasteiger partial charge in [-0.3, -0.25) is 4.98 Å². The summed E-state index contributed by atoms with van der Waals surface area (Å²) in [4.78, 5) is 4.02. The Kier molecular flexibility index (Phi) is 3.43. The molecule has 0 saturated heterocycles. The van der Waals surface area contributed by atoms with E-state index in [-0.39, 0.29) is 17.5 Å². The highest BCUT2D eigenvalue weighted by atomic mass is 32.2. The fourth-order valence-electron chi connectivity index (χ4n) is 1.28. The molecule has 0 atom stereocenters. The summed E-state index contributed by atoms with van der Waals surface area (Å²) in [5.74, 6) is 5.41. The van der Waals surface area contributed by atoms with Gasteiger partial charge in [0, 0.05) is 24.0 Å². The maximum Gasteiger partial charge on any atom is 0.242 e. The van der Waals surface area contributed by atoms with Crippen LogP contribution in [0.5, 0.6) is 0 Å². The molecular weight excluding hydrogens is 238 g/mol. The Morgan fingerprint density at radius 1 is 1.47 bits per heavy atom. The minimum Gasteiger partial charge on any atom is -0.320 e. The van der Waals surface area contributed by atoms with E-state index in [1.54, 1.807) is 0 Å². The van der Waals surface area contributed by atoms with Crippen molar-refractivity contribution in [2.45, 2.75) is 23.8 Å². The average molecular weight is 251 g/mol. The van der Waals surface area contributed by atoms with Crippen LogP contribution in [0.2, 0.25) is 0 Å². The number of nitrogens with zero attached hydrogens (tertiary/aromatic N) is 1. The van der Waals surface area contributed by atoms with Crippen LogP contribution in [0.25, 0.3) is 0 Å². The molecule has 1 saturated carbocycles. The van der Waals surface area contributed by atoms with E-state index in [1.165, 1.54) is 18.5 Å². The minimum absolute atomic E-state index is 0.0822. The fourth-order valence-corrected chi connectivity index (χ4v) is 2.57. The Balaban J connectivity index is 2.25. The zero-order valence-electron chi connectivity index (χ0n) is 9.18. The molecular formula is C11H13N3O2S. The van der Waals surface area contributed by atoms with Crippen molar-refractivity contribution in [3.8, 4) is 11.8 Å². The number of rotatable bonds is 3. The lowest BCUT2D eigenvalue weighted by Gasteiger charge is -2.04. The molecule has 0 amide bonds. The molecule has 5 nitrogen and oxygen atoms in total. The van der Waals surface area contributed by atoms with Crippen molar-refractivity contribution in [2.75, 3.05) is 6.54 Å². The normalized spacial score (nSPS) is 15.1. The Labute approximate surface area is 100 Å². The van der Waals surface area contributed by atoms with Gasteiger partial charge in [-0.15, -0.1) is 0 Å². The third-order valence-electron chi connectivity index (χ3n) is 2.26. The van der Waals surface area contributed by atoms with Gasteiger partial charge in [0.05, 0.1) is 6.54 Å². The van der Waals surface area contributed by atoms with Crippen molar-refractivity contribution >= 4 is 10.0 Å². The van der Waals surface area contributed by atoms with Gasteiger partial charge in [-0.2, -0.15) is 0 Å². The van der Waals surface area contributed by atoms with Crippen LogP contribution in [0.4, 0.5) is 0 Å². The van der Waals surface area contributed by atoms with Crippen molar-refractivity contribution < 1.29 is 8.42 Å². The molecule has 6 heteroatoms. The molecule has 0 spiro atoms. The third kappa shape index (κ3) is 3.27. The molecule has 1 aliphatic carbocycles. The highest BCUT2D eigenvalue weighted by Crippen LogP contribution is 2.22. The highest BCUT2D eigenvalue weighted by Gasteiger charge is 2.28. The zero-order chi connectivity index (χ0) is 12.3. The van der Waals surface area contributed by atoms with E-state index >= 15 is 0 Å². The van der Waals surface area contributed by atoms with Gasteiger partial charge in [-0.05, 0) is 18.9 Å². The summed E-state index contributed by atoms with van der Waals surface area (Å²) >= 11 is 0. The standard InChI is InChI=1S/C11H13N3O2S/c12-5-1-2-9-6-11(8-13-7-9)17(15,16)14-10-3-4-10/h6-8,10,14H,3-5,12H2. The average Bonchev–Trinajstić information content (AvgIpc) is 3.10. The summed E-state index contributed by atoms with van der Waals surface area (Å²) < 4.78 is 26.4. The second-order valence-electron chi connectivity index (χ2n) is 3.81. The van der Waals surface area contributed by atoms with E-state index < -0.39 is 10.0 Å². The summed E-state index contributed by atoms with van der Waals surface area (Å²) in [6.45, 7) is 0.233. The molecule has 1 heterocycles. The molecule has 17 heavy (non-hydrogen) atoms. The number of nitrogens with one attached hydrogen (secondary N) is 1. The van der Waals surface area contributed by atoms with Gasteiger partial charge in [-0.25, -0.2) is 13.1 Å². The van der Waals surface area contributed by atoms with Gasteiger partial charge in [-0.1, -0.05) is 11.8 Å². The van der Waals surface area contributed by atoms with Crippen LogP contribution >= 0.6 is 0 Å². The molecule has 0 radical (unpaired) electrons. The molecule has 0 unspecified atom stereocenters. The summed E-state index contributed by atoms with van der Waals surface area (Å²) in [5.41, 5.74) is 5.80. The topological polar surface area (TPSA) is 85.1 Å². The molecule has 0 bridgehead atoms. The van der Waals surface area contributed by atoms with E-state index in [4.69, 9.17) is 5.73 Å². The molecule has 90 valence electrons. The molecule has 0 aliphatic heterocycles.